The molecule has 8 heteroatoms. The molecule has 0 saturated carbocycles. The number of rotatable bonds is 3. The molecule has 0 aliphatic heterocycles. The molecule has 0 bridgehead atoms. The number of aryl methyl sites for hydroxylation is 1. The van der Waals surface area contributed by atoms with Gasteiger partial charge in [-0.25, -0.2) is 9.07 Å². The van der Waals surface area contributed by atoms with Crippen LogP contribution in [0.1, 0.15) is 27.2 Å². The van der Waals surface area contributed by atoms with Gasteiger partial charge in [0.25, 0.3) is 5.91 Å². The van der Waals surface area contributed by atoms with Crippen molar-refractivity contribution in [2.24, 2.45) is 0 Å². The van der Waals surface area contributed by atoms with E-state index < -0.39 is 11.7 Å². The molecule has 2 N–H and O–H groups in total. The van der Waals surface area contributed by atoms with Gasteiger partial charge >= 0.3 is 0 Å². The summed E-state index contributed by atoms with van der Waals surface area (Å²) in [7, 11) is 0. The number of benzene rings is 2. The Balaban J connectivity index is 1.67. The average Bonchev–Trinajstić information content (AvgIpc) is 3.25. The maximum absolute atomic E-state index is 14.0. The second-order valence-corrected chi connectivity index (χ2v) is 6.36. The molecule has 0 aliphatic rings. The fourth-order valence-electron chi connectivity index (χ4n) is 3.06. The number of hydrogen-bond donors (Lipinski definition) is 2. The van der Waals surface area contributed by atoms with Crippen LogP contribution < -0.4 is 5.32 Å². The van der Waals surface area contributed by atoms with Crippen LogP contribution in [0, 0.1) is 31.0 Å². The van der Waals surface area contributed by atoms with Crippen molar-refractivity contribution in [1.29, 1.82) is 5.26 Å². The monoisotopic (exact) mass is 374 g/mol. The molecule has 7 nitrogen and oxygen atoms in total. The molecule has 138 valence electrons. The van der Waals surface area contributed by atoms with Crippen LogP contribution in [0.2, 0.25) is 0 Å². The minimum absolute atomic E-state index is 0.268. The van der Waals surface area contributed by atoms with Gasteiger partial charge in [0.15, 0.2) is 5.82 Å². The van der Waals surface area contributed by atoms with Crippen molar-refractivity contribution in [2.45, 2.75) is 13.8 Å². The summed E-state index contributed by atoms with van der Waals surface area (Å²) >= 11 is 0. The lowest BCUT2D eigenvalue weighted by molar-refractivity contribution is 0.102. The van der Waals surface area contributed by atoms with E-state index in [0.29, 0.717) is 33.5 Å². The van der Waals surface area contributed by atoms with Gasteiger partial charge in [-0.05, 0) is 43.7 Å². The Hall–Kier alpha value is -3.99. The van der Waals surface area contributed by atoms with E-state index in [-0.39, 0.29) is 5.69 Å². The first-order chi connectivity index (χ1) is 13.5. The average molecular weight is 374 g/mol. The summed E-state index contributed by atoms with van der Waals surface area (Å²) in [6.45, 7) is 3.51. The largest absolute Gasteiger partial charge is 0.304 e. The molecule has 0 aliphatic carbocycles. The third-order valence-electron chi connectivity index (χ3n) is 4.60. The summed E-state index contributed by atoms with van der Waals surface area (Å²) in [4.78, 5) is 12.7. The van der Waals surface area contributed by atoms with Crippen molar-refractivity contribution in [3.8, 4) is 11.8 Å². The van der Waals surface area contributed by atoms with Crippen molar-refractivity contribution < 1.29 is 9.18 Å². The van der Waals surface area contributed by atoms with E-state index >= 15 is 0 Å². The second-order valence-electron chi connectivity index (χ2n) is 6.36. The van der Waals surface area contributed by atoms with Crippen LogP contribution in [0.5, 0.6) is 0 Å². The molecule has 0 radical (unpaired) electrons. The topological polar surface area (TPSA) is 99.4 Å². The SMILES string of the molecule is Cc1cc2c(NC(=O)c3cnn(-c4ccccc4F)c3C)n[nH]c2cc1C#N. The molecule has 4 aromatic rings. The number of carbonyl (C=O) groups is 1. The van der Waals surface area contributed by atoms with Gasteiger partial charge in [-0.1, -0.05) is 12.1 Å². The van der Waals surface area contributed by atoms with E-state index in [1.165, 1.54) is 16.9 Å². The number of hydrogen-bond acceptors (Lipinski definition) is 4. The third kappa shape index (κ3) is 2.79. The van der Waals surface area contributed by atoms with E-state index in [0.717, 1.165) is 5.56 Å². The highest BCUT2D eigenvalue weighted by Crippen LogP contribution is 2.25. The van der Waals surface area contributed by atoms with Gasteiger partial charge in [0.2, 0.25) is 0 Å². The molecular weight excluding hydrogens is 359 g/mol. The number of H-pyrrole nitrogens is 1. The molecule has 2 aromatic heterocycles. The molecule has 28 heavy (non-hydrogen) atoms. The van der Waals surface area contributed by atoms with E-state index in [2.05, 4.69) is 26.7 Å². The Labute approximate surface area is 159 Å². The molecule has 4 rings (SSSR count). The van der Waals surface area contributed by atoms with Crippen molar-refractivity contribution in [1.82, 2.24) is 20.0 Å². The Morgan fingerprint density at radius 3 is 2.82 bits per heavy atom. The van der Waals surface area contributed by atoms with Crippen LogP contribution in [0.15, 0.2) is 42.6 Å². The van der Waals surface area contributed by atoms with Gasteiger partial charge in [0, 0.05) is 5.39 Å². The number of nitrogens with one attached hydrogen (secondary N) is 2. The maximum atomic E-state index is 14.0. The fraction of sp³-hybridized carbons (Fsp3) is 0.100. The van der Waals surface area contributed by atoms with Crippen molar-refractivity contribution in [3.05, 3.63) is 70.8 Å². The van der Waals surface area contributed by atoms with Crippen LogP contribution >= 0.6 is 0 Å². The molecular formula is C20H15FN6O. The molecule has 2 heterocycles. The minimum Gasteiger partial charge on any atom is -0.304 e. The lowest BCUT2D eigenvalue weighted by atomic mass is 10.1. The molecule has 2 aromatic carbocycles. The van der Waals surface area contributed by atoms with E-state index in [1.807, 2.05) is 6.92 Å². The van der Waals surface area contributed by atoms with Gasteiger partial charge in [-0.15, -0.1) is 0 Å². The molecule has 0 atom stereocenters. The number of nitrogens with zero attached hydrogens (tertiary/aromatic N) is 4. The molecule has 0 saturated heterocycles. The Morgan fingerprint density at radius 1 is 1.29 bits per heavy atom. The summed E-state index contributed by atoms with van der Waals surface area (Å²) in [5, 5.41) is 23.7. The zero-order valence-corrected chi connectivity index (χ0v) is 15.1. The number of halogens is 1. The van der Waals surface area contributed by atoms with Gasteiger partial charge in [-0.3, -0.25) is 9.89 Å². The van der Waals surface area contributed by atoms with Gasteiger partial charge in [0.1, 0.15) is 11.5 Å². The Morgan fingerprint density at radius 2 is 2.07 bits per heavy atom. The number of anilines is 1. The number of para-hydroxylation sites is 1. The van der Waals surface area contributed by atoms with E-state index in [4.69, 9.17) is 5.26 Å². The lowest BCUT2D eigenvalue weighted by Crippen LogP contribution is -2.14. The smallest absolute Gasteiger partial charge is 0.260 e. The zero-order chi connectivity index (χ0) is 19.8. The maximum Gasteiger partial charge on any atom is 0.260 e. The Kier molecular flexibility index (Phi) is 4.12. The van der Waals surface area contributed by atoms with Crippen molar-refractivity contribution >= 4 is 22.6 Å². The first kappa shape index (κ1) is 17.4. The molecule has 0 spiro atoms. The van der Waals surface area contributed by atoms with Crippen LogP contribution in [0.3, 0.4) is 0 Å². The molecule has 0 fully saturated rings. The van der Waals surface area contributed by atoms with Crippen molar-refractivity contribution in [3.63, 3.8) is 0 Å². The summed E-state index contributed by atoms with van der Waals surface area (Å²) in [6, 6.07) is 11.8. The van der Waals surface area contributed by atoms with Crippen LogP contribution in [-0.4, -0.2) is 25.9 Å². The number of nitriles is 1. The highest BCUT2D eigenvalue weighted by molar-refractivity contribution is 6.08. The van der Waals surface area contributed by atoms with Crippen LogP contribution in [-0.2, 0) is 0 Å². The van der Waals surface area contributed by atoms with Gasteiger partial charge < -0.3 is 5.32 Å². The third-order valence-corrected chi connectivity index (χ3v) is 4.60. The first-order valence-electron chi connectivity index (χ1n) is 8.49. The number of aromatic amines is 1. The molecule has 0 unspecified atom stereocenters. The quantitative estimate of drug-likeness (QED) is 0.572. The summed E-state index contributed by atoms with van der Waals surface area (Å²) in [6.07, 6.45) is 1.39. The predicted octanol–water partition coefficient (Wildman–Crippen LogP) is 3.63. The normalized spacial score (nSPS) is 10.8. The van der Waals surface area contributed by atoms with Crippen LogP contribution in [0.4, 0.5) is 10.2 Å². The summed E-state index contributed by atoms with van der Waals surface area (Å²) in [5.41, 5.74) is 3.06. The van der Waals surface area contributed by atoms with E-state index in [1.54, 1.807) is 37.3 Å². The number of carbonyl (C=O) groups excluding carboxylic acids is 1. The lowest BCUT2D eigenvalue weighted by Gasteiger charge is -2.07. The summed E-state index contributed by atoms with van der Waals surface area (Å²) < 4.78 is 15.4. The summed E-state index contributed by atoms with van der Waals surface area (Å²) in [5.74, 6) is -0.483. The minimum atomic E-state index is -0.428. The first-order valence-corrected chi connectivity index (χ1v) is 8.49. The number of fused-ring (bicyclic) bond motifs is 1. The molecule has 1 amide bonds. The highest BCUT2D eigenvalue weighted by Gasteiger charge is 2.19. The van der Waals surface area contributed by atoms with Gasteiger partial charge in [-0.2, -0.15) is 15.5 Å². The zero-order valence-electron chi connectivity index (χ0n) is 15.1. The number of amides is 1. The highest BCUT2D eigenvalue weighted by atomic mass is 19.1. The predicted molar refractivity (Wildman–Crippen MR) is 102 cm³/mol. The van der Waals surface area contributed by atoms with Crippen molar-refractivity contribution in [2.75, 3.05) is 5.32 Å². The van der Waals surface area contributed by atoms with Gasteiger partial charge in [0.05, 0.1) is 34.6 Å². The number of aromatic nitrogens is 4. The Bertz CT molecular complexity index is 1260. The fourth-order valence-corrected chi connectivity index (χ4v) is 3.06. The standard InChI is InChI=1S/C20H15FN6O/c1-11-7-14-17(8-13(11)9-22)25-26-19(14)24-20(28)15-10-23-27(12(15)2)18-6-4-3-5-16(18)21/h3-8,10H,1-2H3,(H2,24,25,26,28). The van der Waals surface area contributed by atoms with E-state index in [9.17, 15) is 9.18 Å². The second kappa shape index (κ2) is 6.63. The van der Waals surface area contributed by atoms with Crippen LogP contribution in [0.25, 0.3) is 16.6 Å².